The molecule has 3 aromatic rings. The summed E-state index contributed by atoms with van der Waals surface area (Å²) in [6.07, 6.45) is 1.57. The second kappa shape index (κ2) is 11.7. The zero-order valence-electron chi connectivity index (χ0n) is 18.7. The number of hydrazone groups is 1. The molecule has 2 aromatic carbocycles. The van der Waals surface area contributed by atoms with E-state index >= 15 is 0 Å². The number of nitrogens with zero attached hydrogens (tertiary/aromatic N) is 4. The van der Waals surface area contributed by atoms with Gasteiger partial charge in [-0.15, -0.1) is 10.2 Å². The molecule has 0 spiro atoms. The second-order valence-electron chi connectivity index (χ2n) is 6.60. The predicted molar refractivity (Wildman–Crippen MR) is 131 cm³/mol. The Morgan fingerprint density at radius 3 is 2.48 bits per heavy atom. The van der Waals surface area contributed by atoms with Crippen molar-refractivity contribution >= 4 is 39.8 Å². The largest absolute Gasteiger partial charge is 0.496 e. The number of hydrogen-bond donors (Lipinski definition) is 1. The van der Waals surface area contributed by atoms with E-state index in [-0.39, 0.29) is 11.7 Å². The number of hydrogen-bond acceptors (Lipinski definition) is 8. The molecule has 1 aromatic heterocycles. The maximum absolute atomic E-state index is 12.2. The molecule has 0 saturated heterocycles. The summed E-state index contributed by atoms with van der Waals surface area (Å²) in [5, 5.41) is 13.2. The minimum Gasteiger partial charge on any atom is -0.496 e. The zero-order chi connectivity index (χ0) is 23.8. The first kappa shape index (κ1) is 24.6. The highest BCUT2D eigenvalue weighted by Gasteiger charge is 2.16. The van der Waals surface area contributed by atoms with Crippen LogP contribution in [0.4, 0.5) is 0 Å². The van der Waals surface area contributed by atoms with Gasteiger partial charge in [-0.05, 0) is 64.8 Å². The number of nitrogens with one attached hydrogen (secondary N) is 1. The van der Waals surface area contributed by atoms with Crippen molar-refractivity contribution in [1.82, 2.24) is 20.2 Å². The van der Waals surface area contributed by atoms with Gasteiger partial charge in [-0.2, -0.15) is 5.10 Å². The number of carbonyl (C=O) groups is 1. The van der Waals surface area contributed by atoms with Crippen molar-refractivity contribution in [3.8, 4) is 28.6 Å². The summed E-state index contributed by atoms with van der Waals surface area (Å²) >= 11 is 4.71. The Morgan fingerprint density at radius 1 is 1.09 bits per heavy atom. The summed E-state index contributed by atoms with van der Waals surface area (Å²) in [6.45, 7) is 2.64. The van der Waals surface area contributed by atoms with E-state index in [0.717, 1.165) is 21.3 Å². The first-order valence-electron chi connectivity index (χ1n) is 9.94. The van der Waals surface area contributed by atoms with E-state index in [1.807, 2.05) is 47.9 Å². The normalized spacial score (nSPS) is 10.9. The van der Waals surface area contributed by atoms with Crippen LogP contribution in [-0.2, 0) is 11.3 Å². The van der Waals surface area contributed by atoms with Crippen molar-refractivity contribution in [3.05, 3.63) is 46.4 Å². The topological polar surface area (TPSA) is 99.9 Å². The average Bonchev–Trinajstić information content (AvgIpc) is 3.25. The molecule has 1 N–H and O–H groups in total. The predicted octanol–water partition coefficient (Wildman–Crippen LogP) is 4.00. The molecule has 0 atom stereocenters. The number of amides is 1. The van der Waals surface area contributed by atoms with Gasteiger partial charge in [0.2, 0.25) is 0 Å². The highest BCUT2D eigenvalue weighted by atomic mass is 79.9. The molecule has 3 rings (SSSR count). The maximum atomic E-state index is 12.2. The standard InChI is InChI=1S/C22H24BrN5O4S/c1-5-28-21(15-7-9-18(31-3)19(11-15)32-4)26-27-22(28)33-13-20(29)25-24-12-14-6-8-17(30-2)16(23)10-14/h6-12H,5,13H2,1-4H3,(H,25,29)/b24-12-. The van der Waals surface area contributed by atoms with Gasteiger partial charge in [0.1, 0.15) is 5.75 Å². The van der Waals surface area contributed by atoms with Crippen LogP contribution >= 0.6 is 27.7 Å². The number of thioether (sulfide) groups is 1. The van der Waals surface area contributed by atoms with E-state index in [1.165, 1.54) is 11.8 Å². The van der Waals surface area contributed by atoms with Crippen molar-refractivity contribution in [2.24, 2.45) is 5.10 Å². The Bertz CT molecular complexity index is 1150. The van der Waals surface area contributed by atoms with Gasteiger partial charge >= 0.3 is 0 Å². The highest BCUT2D eigenvalue weighted by molar-refractivity contribution is 9.10. The van der Waals surface area contributed by atoms with Gasteiger partial charge in [-0.3, -0.25) is 4.79 Å². The lowest BCUT2D eigenvalue weighted by Gasteiger charge is -2.10. The number of ether oxygens (including phenoxy) is 3. The molecular formula is C22H24BrN5O4S. The summed E-state index contributed by atoms with van der Waals surface area (Å²) in [7, 11) is 4.77. The van der Waals surface area contributed by atoms with Crippen molar-refractivity contribution < 1.29 is 19.0 Å². The molecule has 9 nitrogen and oxygen atoms in total. The molecule has 1 heterocycles. The number of rotatable bonds is 10. The number of halogens is 1. The molecule has 0 aliphatic carbocycles. The van der Waals surface area contributed by atoms with Gasteiger partial charge in [-0.1, -0.05) is 11.8 Å². The smallest absolute Gasteiger partial charge is 0.250 e. The Kier molecular flexibility index (Phi) is 8.72. The van der Waals surface area contributed by atoms with Crippen LogP contribution in [0, 0.1) is 0 Å². The van der Waals surface area contributed by atoms with Crippen LogP contribution in [0.1, 0.15) is 12.5 Å². The number of aromatic nitrogens is 3. The third kappa shape index (κ3) is 6.05. The van der Waals surface area contributed by atoms with Crippen LogP contribution in [0.3, 0.4) is 0 Å². The monoisotopic (exact) mass is 533 g/mol. The average molecular weight is 534 g/mol. The van der Waals surface area contributed by atoms with Gasteiger partial charge in [0, 0.05) is 12.1 Å². The van der Waals surface area contributed by atoms with Crippen molar-refractivity contribution in [2.75, 3.05) is 27.1 Å². The first-order chi connectivity index (χ1) is 16.0. The molecule has 174 valence electrons. The van der Waals surface area contributed by atoms with E-state index in [1.54, 1.807) is 27.5 Å². The number of benzene rings is 2. The summed E-state index contributed by atoms with van der Waals surface area (Å²) in [4.78, 5) is 12.2. The van der Waals surface area contributed by atoms with E-state index < -0.39 is 0 Å². The van der Waals surface area contributed by atoms with Gasteiger partial charge < -0.3 is 18.8 Å². The minimum atomic E-state index is -0.248. The Balaban J connectivity index is 1.63. The summed E-state index contributed by atoms with van der Waals surface area (Å²) in [5.41, 5.74) is 4.19. The van der Waals surface area contributed by atoms with Gasteiger partial charge in [0.15, 0.2) is 22.5 Å². The molecule has 0 radical (unpaired) electrons. The van der Waals surface area contributed by atoms with Crippen LogP contribution in [0.15, 0.2) is 51.1 Å². The quantitative estimate of drug-likeness (QED) is 0.239. The molecular weight excluding hydrogens is 510 g/mol. The number of carbonyl (C=O) groups excluding carboxylic acids is 1. The Labute approximate surface area is 204 Å². The Hall–Kier alpha value is -3.05. The van der Waals surface area contributed by atoms with Crippen LogP contribution in [0.5, 0.6) is 17.2 Å². The van der Waals surface area contributed by atoms with E-state index in [0.29, 0.717) is 29.0 Å². The van der Waals surface area contributed by atoms with E-state index in [2.05, 4.69) is 36.7 Å². The molecule has 0 unspecified atom stereocenters. The van der Waals surface area contributed by atoms with Gasteiger partial charge in [-0.25, -0.2) is 5.43 Å². The Morgan fingerprint density at radius 2 is 1.82 bits per heavy atom. The molecule has 0 bridgehead atoms. The highest BCUT2D eigenvalue weighted by Crippen LogP contribution is 2.32. The number of methoxy groups -OCH3 is 3. The molecule has 0 fully saturated rings. The van der Waals surface area contributed by atoms with Gasteiger partial charge in [0.05, 0.1) is 37.8 Å². The zero-order valence-corrected chi connectivity index (χ0v) is 21.1. The summed E-state index contributed by atoms with van der Waals surface area (Å²) in [6, 6.07) is 11.1. The van der Waals surface area contributed by atoms with Crippen molar-refractivity contribution in [3.63, 3.8) is 0 Å². The maximum Gasteiger partial charge on any atom is 0.250 e. The van der Waals surface area contributed by atoms with Crippen molar-refractivity contribution in [2.45, 2.75) is 18.6 Å². The lowest BCUT2D eigenvalue weighted by Crippen LogP contribution is -2.20. The SMILES string of the molecule is CCn1c(SCC(=O)N/N=C\c2ccc(OC)c(Br)c2)nnc1-c1ccc(OC)c(OC)c1. The molecule has 0 aliphatic rings. The molecule has 11 heteroatoms. The van der Waals surface area contributed by atoms with Crippen LogP contribution in [0.25, 0.3) is 11.4 Å². The van der Waals surface area contributed by atoms with Crippen LogP contribution in [-0.4, -0.2) is 54.0 Å². The lowest BCUT2D eigenvalue weighted by molar-refractivity contribution is -0.118. The molecule has 33 heavy (non-hydrogen) atoms. The fraction of sp³-hybridized carbons (Fsp3) is 0.273. The fourth-order valence-corrected chi connectivity index (χ4v) is 4.33. The minimum absolute atomic E-state index is 0.147. The van der Waals surface area contributed by atoms with E-state index in [4.69, 9.17) is 14.2 Å². The molecule has 0 aliphatic heterocycles. The summed E-state index contributed by atoms with van der Waals surface area (Å²) in [5.74, 6) is 2.55. The van der Waals surface area contributed by atoms with Crippen LogP contribution < -0.4 is 19.6 Å². The van der Waals surface area contributed by atoms with Crippen molar-refractivity contribution in [1.29, 1.82) is 0 Å². The molecule has 1 amide bonds. The summed E-state index contributed by atoms with van der Waals surface area (Å²) < 4.78 is 18.6. The van der Waals surface area contributed by atoms with Crippen LogP contribution in [0.2, 0.25) is 0 Å². The third-order valence-electron chi connectivity index (χ3n) is 4.59. The second-order valence-corrected chi connectivity index (χ2v) is 8.39. The fourth-order valence-electron chi connectivity index (χ4n) is 2.97. The lowest BCUT2D eigenvalue weighted by atomic mass is 10.2. The van der Waals surface area contributed by atoms with E-state index in [9.17, 15) is 4.79 Å². The molecule has 0 saturated carbocycles. The first-order valence-corrected chi connectivity index (χ1v) is 11.7. The van der Waals surface area contributed by atoms with Gasteiger partial charge in [0.25, 0.3) is 5.91 Å². The third-order valence-corrected chi connectivity index (χ3v) is 6.17.